The van der Waals surface area contributed by atoms with Gasteiger partial charge in [0.2, 0.25) is 5.91 Å². The molecule has 0 radical (unpaired) electrons. The third-order valence-corrected chi connectivity index (χ3v) is 4.25. The van der Waals surface area contributed by atoms with Crippen molar-refractivity contribution in [2.75, 3.05) is 17.3 Å². The average Bonchev–Trinajstić information content (AvgIpc) is 2.35. The molecule has 0 bridgehead atoms. The minimum absolute atomic E-state index is 0.0463. The second-order valence-electron chi connectivity index (χ2n) is 4.10. The number of carbonyl (C=O) groups is 1. The number of nitrogens with zero attached hydrogens (tertiary/aromatic N) is 1. The Bertz CT molecular complexity index is 406. The second-order valence-corrected chi connectivity index (χ2v) is 7.41. The van der Waals surface area contributed by atoms with E-state index in [9.17, 15) is 4.79 Å². The van der Waals surface area contributed by atoms with E-state index in [4.69, 9.17) is 0 Å². The summed E-state index contributed by atoms with van der Waals surface area (Å²) in [6, 6.07) is 6.12. The van der Waals surface area contributed by atoms with Crippen molar-refractivity contribution in [2.45, 2.75) is 23.5 Å². The van der Waals surface area contributed by atoms with Gasteiger partial charge in [0.25, 0.3) is 0 Å². The third kappa shape index (κ3) is 3.58. The minimum atomic E-state index is 0.0463. The summed E-state index contributed by atoms with van der Waals surface area (Å²) in [5, 5.41) is 0.324. The van der Waals surface area contributed by atoms with Crippen molar-refractivity contribution in [1.29, 1.82) is 0 Å². The molecule has 0 N–H and O–H groups in total. The molecular weight excluding hydrogens is 426 g/mol. The van der Waals surface area contributed by atoms with Gasteiger partial charge in [0, 0.05) is 16.7 Å². The quantitative estimate of drug-likeness (QED) is 0.605. The Balaban J connectivity index is 3.40. The van der Waals surface area contributed by atoms with Gasteiger partial charge in [-0.3, -0.25) is 4.79 Å². The molecule has 0 aliphatic rings. The summed E-state index contributed by atoms with van der Waals surface area (Å²) in [6.45, 7) is 4.13. The summed E-state index contributed by atoms with van der Waals surface area (Å²) in [6.07, 6.45) is 0. The van der Waals surface area contributed by atoms with Crippen LogP contribution in [0.3, 0.4) is 0 Å². The van der Waals surface area contributed by atoms with Gasteiger partial charge >= 0.3 is 0 Å². The number of hydrogen-bond acceptors (Lipinski definition) is 1. The summed E-state index contributed by atoms with van der Waals surface area (Å²) in [7, 11) is 1.82. The van der Waals surface area contributed by atoms with Crippen LogP contribution in [0, 0.1) is 0 Å². The molecule has 0 saturated heterocycles. The molecule has 2 nitrogen and oxygen atoms in total. The van der Waals surface area contributed by atoms with Crippen molar-refractivity contribution in [3.8, 4) is 0 Å². The van der Waals surface area contributed by atoms with E-state index in [1.807, 2.05) is 25.2 Å². The predicted octanol–water partition coefficient (Wildman–Crippen LogP) is 4.96. The fraction of sp³-hybridized carbons (Fsp3) is 0.462. The number of alkyl halides is 3. The van der Waals surface area contributed by atoms with Crippen molar-refractivity contribution >= 4 is 59.4 Å². The van der Waals surface area contributed by atoms with Gasteiger partial charge in [-0.1, -0.05) is 66.0 Å². The number of halogens is 3. The van der Waals surface area contributed by atoms with Crippen LogP contribution in [0.1, 0.15) is 34.6 Å². The smallest absolute Gasteiger partial charge is 0.237 e. The standard InChI is InChI=1S/C13H16Br3NO/c1-8(15)10-5-4-6-11(9(2)16)13(10)17(3)12(18)7-14/h4-6,8-9H,7H2,1-3H3. The first kappa shape index (κ1) is 16.2. The van der Waals surface area contributed by atoms with E-state index in [1.54, 1.807) is 4.90 Å². The molecule has 1 rings (SSSR count). The highest BCUT2D eigenvalue weighted by Gasteiger charge is 2.21. The van der Waals surface area contributed by atoms with E-state index >= 15 is 0 Å². The number of rotatable bonds is 4. The maximum absolute atomic E-state index is 11.9. The Labute approximate surface area is 134 Å². The van der Waals surface area contributed by atoms with Gasteiger partial charge in [0.1, 0.15) is 0 Å². The van der Waals surface area contributed by atoms with Crippen LogP contribution >= 0.6 is 47.8 Å². The Morgan fingerprint density at radius 2 is 1.67 bits per heavy atom. The number of para-hydroxylation sites is 1. The normalized spacial score (nSPS) is 14.1. The van der Waals surface area contributed by atoms with Crippen LogP contribution in [0.2, 0.25) is 0 Å². The molecule has 2 atom stereocenters. The van der Waals surface area contributed by atoms with E-state index in [0.717, 1.165) is 16.8 Å². The third-order valence-electron chi connectivity index (χ3n) is 2.78. The maximum atomic E-state index is 11.9. The summed E-state index contributed by atoms with van der Waals surface area (Å²) in [5.41, 5.74) is 3.22. The van der Waals surface area contributed by atoms with Gasteiger partial charge < -0.3 is 4.90 Å². The van der Waals surface area contributed by atoms with Crippen LogP contribution in [-0.4, -0.2) is 18.3 Å². The summed E-state index contributed by atoms with van der Waals surface area (Å²) >= 11 is 10.4. The number of anilines is 1. The summed E-state index contributed by atoms with van der Waals surface area (Å²) in [4.78, 5) is 14.0. The zero-order valence-corrected chi connectivity index (χ0v) is 15.3. The lowest BCUT2D eigenvalue weighted by Crippen LogP contribution is -2.29. The molecule has 18 heavy (non-hydrogen) atoms. The zero-order chi connectivity index (χ0) is 13.9. The summed E-state index contributed by atoms with van der Waals surface area (Å²) < 4.78 is 0. The first-order chi connectivity index (χ1) is 8.40. The molecule has 0 aliphatic carbocycles. The minimum Gasteiger partial charge on any atom is -0.314 e. The summed E-state index contributed by atoms with van der Waals surface area (Å²) in [5.74, 6) is 0.0463. The molecule has 1 aromatic rings. The molecule has 5 heteroatoms. The van der Waals surface area contributed by atoms with E-state index in [-0.39, 0.29) is 15.6 Å². The van der Waals surface area contributed by atoms with Crippen LogP contribution in [0.5, 0.6) is 0 Å². The monoisotopic (exact) mass is 439 g/mol. The molecule has 100 valence electrons. The van der Waals surface area contributed by atoms with Crippen molar-refractivity contribution in [3.63, 3.8) is 0 Å². The van der Waals surface area contributed by atoms with Gasteiger partial charge in [0.05, 0.1) is 11.0 Å². The zero-order valence-electron chi connectivity index (χ0n) is 10.6. The molecule has 0 saturated carbocycles. The molecule has 0 spiro atoms. The van der Waals surface area contributed by atoms with Gasteiger partial charge in [-0.15, -0.1) is 0 Å². The van der Waals surface area contributed by atoms with Gasteiger partial charge in [-0.2, -0.15) is 0 Å². The van der Waals surface area contributed by atoms with Crippen molar-refractivity contribution in [1.82, 2.24) is 0 Å². The highest BCUT2D eigenvalue weighted by atomic mass is 79.9. The SMILES string of the molecule is CC(Br)c1cccc(C(C)Br)c1N(C)C(=O)CBr. The van der Waals surface area contributed by atoms with Crippen molar-refractivity contribution in [3.05, 3.63) is 29.3 Å². The van der Waals surface area contributed by atoms with Gasteiger partial charge in [-0.25, -0.2) is 0 Å². The topological polar surface area (TPSA) is 20.3 Å². The van der Waals surface area contributed by atoms with Crippen LogP contribution < -0.4 is 4.90 Å². The Morgan fingerprint density at radius 1 is 1.22 bits per heavy atom. The first-order valence-corrected chi connectivity index (χ1v) is 8.58. The Morgan fingerprint density at radius 3 is 2.00 bits per heavy atom. The number of benzene rings is 1. The molecule has 1 amide bonds. The Kier molecular flexibility index (Phi) is 6.35. The molecule has 0 aliphatic heterocycles. The van der Waals surface area contributed by atoms with E-state index in [0.29, 0.717) is 5.33 Å². The molecule has 0 fully saturated rings. The average molecular weight is 442 g/mol. The van der Waals surface area contributed by atoms with Crippen LogP contribution in [0.25, 0.3) is 0 Å². The van der Waals surface area contributed by atoms with Crippen LogP contribution in [-0.2, 0) is 4.79 Å². The number of amides is 1. The largest absolute Gasteiger partial charge is 0.314 e. The number of hydrogen-bond donors (Lipinski definition) is 0. The molecule has 1 aromatic carbocycles. The van der Waals surface area contributed by atoms with E-state index in [2.05, 4.69) is 61.6 Å². The highest BCUT2D eigenvalue weighted by molar-refractivity contribution is 9.09. The van der Waals surface area contributed by atoms with Crippen LogP contribution in [0.15, 0.2) is 18.2 Å². The van der Waals surface area contributed by atoms with Gasteiger partial charge in [0.15, 0.2) is 0 Å². The lowest BCUT2D eigenvalue weighted by atomic mass is 10.0. The molecule has 0 aromatic heterocycles. The maximum Gasteiger partial charge on any atom is 0.237 e. The molecular formula is C13H16Br3NO. The fourth-order valence-electron chi connectivity index (χ4n) is 1.82. The Hall–Kier alpha value is 0.130. The first-order valence-electron chi connectivity index (χ1n) is 5.63. The van der Waals surface area contributed by atoms with Crippen LogP contribution in [0.4, 0.5) is 5.69 Å². The molecule has 0 heterocycles. The van der Waals surface area contributed by atoms with Gasteiger partial charge in [-0.05, 0) is 25.0 Å². The fourth-order valence-corrected chi connectivity index (χ4v) is 2.94. The van der Waals surface area contributed by atoms with E-state index in [1.165, 1.54) is 0 Å². The predicted molar refractivity (Wildman–Crippen MR) is 88.3 cm³/mol. The molecule has 2 unspecified atom stereocenters. The lowest BCUT2D eigenvalue weighted by Gasteiger charge is -2.25. The lowest BCUT2D eigenvalue weighted by molar-refractivity contribution is -0.115. The second kappa shape index (κ2) is 7.06. The van der Waals surface area contributed by atoms with E-state index < -0.39 is 0 Å². The number of carbonyl (C=O) groups excluding carboxylic acids is 1. The highest BCUT2D eigenvalue weighted by Crippen LogP contribution is 2.38. The van der Waals surface area contributed by atoms with Crippen molar-refractivity contribution < 1.29 is 4.79 Å². The van der Waals surface area contributed by atoms with Crippen molar-refractivity contribution in [2.24, 2.45) is 0 Å².